The number of rotatable bonds is 3. The molecular formula is C16H26N2O3. The first-order valence-corrected chi connectivity index (χ1v) is 8.32. The zero-order valence-corrected chi connectivity index (χ0v) is 12.9. The SMILES string of the molecule is C[C@]1(C(=O)NC2CCN(C(=O)C3CC3)CC2)CCCCO1. The quantitative estimate of drug-likeness (QED) is 0.857. The summed E-state index contributed by atoms with van der Waals surface area (Å²) in [7, 11) is 0. The zero-order valence-electron chi connectivity index (χ0n) is 12.9. The van der Waals surface area contributed by atoms with Gasteiger partial charge in [-0.25, -0.2) is 0 Å². The van der Waals surface area contributed by atoms with Crippen LogP contribution in [0.4, 0.5) is 0 Å². The van der Waals surface area contributed by atoms with Crippen molar-refractivity contribution in [3.63, 3.8) is 0 Å². The van der Waals surface area contributed by atoms with Crippen LogP contribution in [0.1, 0.15) is 51.9 Å². The minimum Gasteiger partial charge on any atom is -0.365 e. The molecule has 1 aliphatic carbocycles. The number of carbonyl (C=O) groups is 2. The molecule has 2 heterocycles. The molecule has 1 N–H and O–H groups in total. The molecule has 0 spiro atoms. The van der Waals surface area contributed by atoms with Gasteiger partial charge >= 0.3 is 0 Å². The maximum Gasteiger partial charge on any atom is 0.252 e. The van der Waals surface area contributed by atoms with Gasteiger partial charge in [0.25, 0.3) is 5.91 Å². The van der Waals surface area contributed by atoms with Crippen LogP contribution in [0.15, 0.2) is 0 Å². The van der Waals surface area contributed by atoms with Crippen LogP contribution >= 0.6 is 0 Å². The lowest BCUT2D eigenvalue weighted by atomic mass is 9.94. The molecule has 5 nitrogen and oxygen atoms in total. The normalized spacial score (nSPS) is 31.0. The molecule has 21 heavy (non-hydrogen) atoms. The van der Waals surface area contributed by atoms with Crippen molar-refractivity contribution in [2.75, 3.05) is 19.7 Å². The average molecular weight is 294 g/mol. The third-order valence-electron chi connectivity index (χ3n) is 5.02. The maximum atomic E-state index is 12.4. The lowest BCUT2D eigenvalue weighted by Crippen LogP contribution is -2.54. The Balaban J connectivity index is 1.46. The highest BCUT2D eigenvalue weighted by Crippen LogP contribution is 2.32. The number of hydrogen-bond donors (Lipinski definition) is 1. The number of nitrogens with zero attached hydrogens (tertiary/aromatic N) is 1. The van der Waals surface area contributed by atoms with E-state index in [0.29, 0.717) is 18.4 Å². The maximum absolute atomic E-state index is 12.4. The number of ether oxygens (including phenoxy) is 1. The lowest BCUT2D eigenvalue weighted by Gasteiger charge is -2.37. The van der Waals surface area contributed by atoms with Crippen molar-refractivity contribution in [1.82, 2.24) is 10.2 Å². The molecule has 3 fully saturated rings. The molecule has 3 aliphatic rings. The number of likely N-dealkylation sites (tertiary alicyclic amines) is 1. The summed E-state index contributed by atoms with van der Waals surface area (Å²) in [5.74, 6) is 0.641. The van der Waals surface area contributed by atoms with E-state index in [0.717, 1.165) is 58.0 Å². The van der Waals surface area contributed by atoms with Gasteiger partial charge in [0, 0.05) is 31.7 Å². The molecule has 0 unspecified atom stereocenters. The van der Waals surface area contributed by atoms with Gasteiger partial charge in [-0.2, -0.15) is 0 Å². The first-order valence-electron chi connectivity index (χ1n) is 8.32. The van der Waals surface area contributed by atoms with Crippen molar-refractivity contribution >= 4 is 11.8 Å². The van der Waals surface area contributed by atoms with Crippen LogP contribution < -0.4 is 5.32 Å². The molecular weight excluding hydrogens is 268 g/mol. The predicted molar refractivity (Wildman–Crippen MR) is 78.7 cm³/mol. The Morgan fingerprint density at radius 3 is 2.43 bits per heavy atom. The molecule has 1 saturated carbocycles. The van der Waals surface area contributed by atoms with E-state index in [1.807, 2.05) is 11.8 Å². The molecule has 118 valence electrons. The van der Waals surface area contributed by atoms with E-state index in [-0.39, 0.29) is 11.9 Å². The molecule has 1 atom stereocenters. The Kier molecular flexibility index (Phi) is 4.20. The van der Waals surface area contributed by atoms with Gasteiger partial charge in [-0.05, 0) is 51.9 Å². The van der Waals surface area contributed by atoms with E-state index in [9.17, 15) is 9.59 Å². The second-order valence-corrected chi connectivity index (χ2v) is 6.88. The number of amides is 2. The van der Waals surface area contributed by atoms with E-state index in [1.54, 1.807) is 0 Å². The van der Waals surface area contributed by atoms with Crippen molar-refractivity contribution in [3.8, 4) is 0 Å². The number of hydrogen-bond acceptors (Lipinski definition) is 3. The topological polar surface area (TPSA) is 58.6 Å². The third kappa shape index (κ3) is 3.39. The monoisotopic (exact) mass is 294 g/mol. The highest BCUT2D eigenvalue weighted by Gasteiger charge is 2.38. The van der Waals surface area contributed by atoms with Crippen molar-refractivity contribution < 1.29 is 14.3 Å². The van der Waals surface area contributed by atoms with Gasteiger partial charge in [0.15, 0.2) is 0 Å². The van der Waals surface area contributed by atoms with Gasteiger partial charge in [0.2, 0.25) is 5.91 Å². The number of nitrogens with one attached hydrogen (secondary N) is 1. The largest absolute Gasteiger partial charge is 0.365 e. The number of carbonyl (C=O) groups excluding carboxylic acids is 2. The standard InChI is InChI=1S/C16H26N2O3/c1-16(8-2-3-11-21-16)15(20)17-13-6-9-18(10-7-13)14(19)12-4-5-12/h12-13H,2-11H2,1H3,(H,17,20)/t16-/m1/s1. The van der Waals surface area contributed by atoms with Crippen LogP contribution in [0.25, 0.3) is 0 Å². The van der Waals surface area contributed by atoms with Gasteiger partial charge in [-0.15, -0.1) is 0 Å². The Morgan fingerprint density at radius 1 is 1.14 bits per heavy atom. The zero-order chi connectivity index (χ0) is 14.9. The van der Waals surface area contributed by atoms with Crippen LogP contribution in [-0.2, 0) is 14.3 Å². The molecule has 0 bridgehead atoms. The molecule has 3 rings (SSSR count). The van der Waals surface area contributed by atoms with Gasteiger partial charge in [-0.3, -0.25) is 9.59 Å². The molecule has 2 aliphatic heterocycles. The molecule has 2 saturated heterocycles. The summed E-state index contributed by atoms with van der Waals surface area (Å²) in [4.78, 5) is 26.4. The van der Waals surface area contributed by atoms with Crippen LogP contribution in [0.3, 0.4) is 0 Å². The highest BCUT2D eigenvalue weighted by atomic mass is 16.5. The Morgan fingerprint density at radius 2 is 1.86 bits per heavy atom. The summed E-state index contributed by atoms with van der Waals surface area (Å²) in [6, 6.07) is 0.183. The van der Waals surface area contributed by atoms with E-state index < -0.39 is 5.60 Å². The second-order valence-electron chi connectivity index (χ2n) is 6.88. The van der Waals surface area contributed by atoms with Gasteiger partial charge in [0.1, 0.15) is 5.60 Å². The third-order valence-corrected chi connectivity index (χ3v) is 5.02. The number of piperidine rings is 1. The summed E-state index contributed by atoms with van der Waals surface area (Å²) in [5, 5.41) is 3.13. The van der Waals surface area contributed by atoms with Crippen molar-refractivity contribution in [1.29, 1.82) is 0 Å². The van der Waals surface area contributed by atoms with Gasteiger partial charge in [-0.1, -0.05) is 0 Å². The van der Waals surface area contributed by atoms with E-state index in [1.165, 1.54) is 0 Å². The summed E-state index contributed by atoms with van der Waals surface area (Å²) < 4.78 is 5.69. The first kappa shape index (κ1) is 14.8. The summed E-state index contributed by atoms with van der Waals surface area (Å²) in [6.07, 6.45) is 6.75. The van der Waals surface area contributed by atoms with Crippen molar-refractivity contribution in [2.24, 2.45) is 5.92 Å². The lowest BCUT2D eigenvalue weighted by molar-refractivity contribution is -0.151. The van der Waals surface area contributed by atoms with Crippen molar-refractivity contribution in [2.45, 2.75) is 63.5 Å². The van der Waals surface area contributed by atoms with Crippen LogP contribution in [0, 0.1) is 5.92 Å². The van der Waals surface area contributed by atoms with Crippen LogP contribution in [0.5, 0.6) is 0 Å². The van der Waals surface area contributed by atoms with Crippen molar-refractivity contribution in [3.05, 3.63) is 0 Å². The minimum atomic E-state index is -0.654. The summed E-state index contributed by atoms with van der Waals surface area (Å²) in [5.41, 5.74) is -0.654. The Hall–Kier alpha value is -1.10. The summed E-state index contributed by atoms with van der Waals surface area (Å²) in [6.45, 7) is 4.13. The Bertz CT molecular complexity index is 406. The van der Waals surface area contributed by atoms with E-state index in [4.69, 9.17) is 4.74 Å². The Labute approximate surface area is 126 Å². The smallest absolute Gasteiger partial charge is 0.252 e. The second kappa shape index (κ2) is 5.95. The average Bonchev–Trinajstić information content (AvgIpc) is 3.33. The molecule has 0 aromatic heterocycles. The first-order chi connectivity index (χ1) is 10.1. The summed E-state index contributed by atoms with van der Waals surface area (Å²) >= 11 is 0. The molecule has 0 aromatic carbocycles. The fraction of sp³-hybridized carbons (Fsp3) is 0.875. The van der Waals surface area contributed by atoms with Gasteiger partial charge < -0.3 is 15.0 Å². The van der Waals surface area contributed by atoms with Gasteiger partial charge in [0.05, 0.1) is 0 Å². The van der Waals surface area contributed by atoms with E-state index in [2.05, 4.69) is 5.32 Å². The fourth-order valence-corrected chi connectivity index (χ4v) is 3.28. The fourth-order valence-electron chi connectivity index (χ4n) is 3.28. The molecule has 2 amide bonds. The van der Waals surface area contributed by atoms with Crippen LogP contribution in [-0.4, -0.2) is 48.1 Å². The predicted octanol–water partition coefficient (Wildman–Crippen LogP) is 1.46. The van der Waals surface area contributed by atoms with Crippen LogP contribution in [0.2, 0.25) is 0 Å². The molecule has 0 radical (unpaired) electrons. The molecule has 0 aromatic rings. The van der Waals surface area contributed by atoms with E-state index >= 15 is 0 Å². The minimum absolute atomic E-state index is 0.0224. The molecule has 5 heteroatoms. The highest BCUT2D eigenvalue weighted by molar-refractivity contribution is 5.85.